The van der Waals surface area contributed by atoms with Gasteiger partial charge in [-0.25, -0.2) is 0 Å². The molecule has 0 aliphatic rings. The molecule has 3 nitrogen and oxygen atoms in total. The first-order valence-electron chi connectivity index (χ1n) is 11.4. The molecule has 174 valence electrons. The molecule has 1 N–H and O–H groups in total. The van der Waals surface area contributed by atoms with Crippen molar-refractivity contribution < 1.29 is 9.22 Å². The average molecular weight is 444 g/mol. The summed E-state index contributed by atoms with van der Waals surface area (Å²) in [6.45, 7) is 21.3. The van der Waals surface area contributed by atoms with Crippen LogP contribution in [-0.2, 0) is 9.22 Å². The number of amides is 1. The predicted octanol–water partition coefficient (Wildman–Crippen LogP) is 7.29. The lowest BCUT2D eigenvalue weighted by Crippen LogP contribution is -2.31. The first-order chi connectivity index (χ1) is 14.6. The number of carbonyl (C=O) groups is 1. The normalized spacial score (nSPS) is 15.3. The maximum Gasteiger partial charge on any atom is 0.243 e. The minimum Gasteiger partial charge on any atom is -0.414 e. The second kappa shape index (κ2) is 16.7. The van der Waals surface area contributed by atoms with Gasteiger partial charge < -0.3 is 9.74 Å². The minimum atomic E-state index is -1.63. The van der Waals surface area contributed by atoms with Gasteiger partial charge in [-0.3, -0.25) is 4.79 Å². The van der Waals surface area contributed by atoms with Crippen molar-refractivity contribution in [1.82, 2.24) is 5.32 Å². The third-order valence-electron chi connectivity index (χ3n) is 4.59. The summed E-state index contributed by atoms with van der Waals surface area (Å²) in [5, 5.41) is 2.95. The molecule has 4 heteroatoms. The van der Waals surface area contributed by atoms with Gasteiger partial charge in [-0.1, -0.05) is 67.2 Å². The van der Waals surface area contributed by atoms with Crippen molar-refractivity contribution in [2.24, 2.45) is 5.92 Å². The summed E-state index contributed by atoms with van der Waals surface area (Å²) < 4.78 is 6.37. The molecule has 0 unspecified atom stereocenters. The van der Waals surface area contributed by atoms with Crippen molar-refractivity contribution in [3.8, 4) is 0 Å². The van der Waals surface area contributed by atoms with Crippen LogP contribution >= 0.6 is 0 Å². The van der Waals surface area contributed by atoms with E-state index in [1.54, 1.807) is 12.2 Å². The molecule has 0 spiro atoms. The van der Waals surface area contributed by atoms with E-state index in [-0.39, 0.29) is 12.0 Å². The third kappa shape index (κ3) is 18.6. The number of hydrogen-bond donors (Lipinski definition) is 1. The van der Waals surface area contributed by atoms with Crippen LogP contribution in [0.4, 0.5) is 0 Å². The lowest BCUT2D eigenvalue weighted by Gasteiger charge is -2.25. The summed E-state index contributed by atoms with van der Waals surface area (Å²) in [7, 11) is -1.63. The molecular weight excluding hydrogens is 398 g/mol. The standard InChI is InChI=1S/C27H45NO2Si/c1-9-11-16-25(5)22-28-27(29)18-14-12-13-17-26(30-31(6,7)8)20-19-24(4)21-23(3)15-10-2/h9-10,12-15,18-19,25-26H,1-2,11,16-17,20-22H2,3-8H3,(H,28,29)/b13-12+,18-14+,23-15+,24-19+/t25-,26+/m0/s1. The van der Waals surface area contributed by atoms with E-state index >= 15 is 0 Å². The fourth-order valence-electron chi connectivity index (χ4n) is 3.09. The maximum absolute atomic E-state index is 11.9. The topological polar surface area (TPSA) is 38.3 Å². The molecule has 0 fully saturated rings. The molecule has 0 rings (SSSR count). The van der Waals surface area contributed by atoms with Crippen LogP contribution in [-0.4, -0.2) is 26.9 Å². The molecular formula is C27H45NO2Si. The summed E-state index contributed by atoms with van der Waals surface area (Å²) in [4.78, 5) is 11.9. The molecule has 2 atom stereocenters. The van der Waals surface area contributed by atoms with Gasteiger partial charge in [0.1, 0.15) is 0 Å². The molecule has 0 bridgehead atoms. The fraction of sp³-hybridized carbons (Fsp3) is 0.519. The summed E-state index contributed by atoms with van der Waals surface area (Å²) in [5.41, 5.74) is 2.66. The number of allylic oxidation sites excluding steroid dienone is 7. The average Bonchev–Trinajstić information content (AvgIpc) is 2.67. The fourth-order valence-corrected chi connectivity index (χ4v) is 4.28. The zero-order valence-electron chi connectivity index (χ0n) is 20.7. The zero-order chi connectivity index (χ0) is 23.7. The molecule has 31 heavy (non-hydrogen) atoms. The monoisotopic (exact) mass is 443 g/mol. The van der Waals surface area contributed by atoms with Crippen molar-refractivity contribution in [3.05, 3.63) is 72.9 Å². The Hall–Kier alpha value is -1.91. The highest BCUT2D eigenvalue weighted by atomic mass is 28.4. The third-order valence-corrected chi connectivity index (χ3v) is 5.63. The van der Waals surface area contributed by atoms with Crippen LogP contribution in [0.15, 0.2) is 72.9 Å². The highest BCUT2D eigenvalue weighted by molar-refractivity contribution is 6.69. The maximum atomic E-state index is 11.9. The molecule has 0 aromatic rings. The van der Waals surface area contributed by atoms with Crippen molar-refractivity contribution >= 4 is 14.2 Å². The number of carbonyl (C=O) groups excluding carboxylic acids is 1. The van der Waals surface area contributed by atoms with Gasteiger partial charge in [0.05, 0.1) is 6.10 Å². The highest BCUT2D eigenvalue weighted by Gasteiger charge is 2.19. The Morgan fingerprint density at radius 2 is 1.81 bits per heavy atom. The number of rotatable bonds is 16. The summed E-state index contributed by atoms with van der Waals surface area (Å²) >= 11 is 0. The number of nitrogens with one attached hydrogen (secondary N) is 1. The Morgan fingerprint density at radius 1 is 1.10 bits per heavy atom. The van der Waals surface area contributed by atoms with Gasteiger partial charge in [-0.2, -0.15) is 0 Å². The molecule has 0 saturated carbocycles. The minimum absolute atomic E-state index is 0.0495. The summed E-state index contributed by atoms with van der Waals surface area (Å²) in [6.07, 6.45) is 20.4. The predicted molar refractivity (Wildman–Crippen MR) is 140 cm³/mol. The Morgan fingerprint density at radius 3 is 2.42 bits per heavy atom. The van der Waals surface area contributed by atoms with E-state index in [0.29, 0.717) is 12.5 Å². The van der Waals surface area contributed by atoms with Gasteiger partial charge in [0.2, 0.25) is 5.91 Å². The van der Waals surface area contributed by atoms with Crippen molar-refractivity contribution in [1.29, 1.82) is 0 Å². The molecule has 0 aliphatic carbocycles. The highest BCUT2D eigenvalue weighted by Crippen LogP contribution is 2.17. The summed E-state index contributed by atoms with van der Waals surface area (Å²) in [5.74, 6) is 0.407. The van der Waals surface area contributed by atoms with E-state index in [4.69, 9.17) is 4.43 Å². The molecule has 0 aromatic heterocycles. The Kier molecular flexibility index (Phi) is 15.7. The zero-order valence-corrected chi connectivity index (χ0v) is 21.7. The van der Waals surface area contributed by atoms with E-state index in [1.165, 1.54) is 11.1 Å². The van der Waals surface area contributed by atoms with E-state index < -0.39 is 8.32 Å². The second-order valence-corrected chi connectivity index (χ2v) is 13.8. The smallest absolute Gasteiger partial charge is 0.243 e. The van der Waals surface area contributed by atoms with E-state index in [2.05, 4.69) is 77.1 Å². The molecule has 0 heterocycles. The van der Waals surface area contributed by atoms with E-state index in [9.17, 15) is 4.79 Å². The Labute approximate surface area is 192 Å². The second-order valence-electron chi connectivity index (χ2n) is 9.30. The van der Waals surface area contributed by atoms with Crippen LogP contribution in [0.1, 0.15) is 52.9 Å². The van der Waals surface area contributed by atoms with E-state index in [1.807, 2.05) is 18.2 Å². The van der Waals surface area contributed by atoms with Crippen LogP contribution in [0.5, 0.6) is 0 Å². The lowest BCUT2D eigenvalue weighted by atomic mass is 10.0. The van der Waals surface area contributed by atoms with Crippen LogP contribution < -0.4 is 5.32 Å². The Balaban J connectivity index is 4.64. The SMILES string of the molecule is C=C/C=C(\C)C/C(C)=C/C[C@@H](C/C=C/C=C/C(=O)NC[C@@H](C)CCC=C)O[Si](C)(C)C. The quantitative estimate of drug-likeness (QED) is 0.118. The molecule has 0 aromatic carbocycles. The molecule has 0 aliphatic heterocycles. The van der Waals surface area contributed by atoms with E-state index in [0.717, 1.165) is 32.1 Å². The molecule has 0 saturated heterocycles. The lowest BCUT2D eigenvalue weighted by molar-refractivity contribution is -0.116. The van der Waals surface area contributed by atoms with Gasteiger partial charge in [0.15, 0.2) is 8.32 Å². The van der Waals surface area contributed by atoms with Gasteiger partial charge in [-0.05, 0) is 71.5 Å². The van der Waals surface area contributed by atoms with Gasteiger partial charge >= 0.3 is 0 Å². The molecule has 0 radical (unpaired) electrons. The van der Waals surface area contributed by atoms with Crippen molar-refractivity contribution in [2.75, 3.05) is 6.54 Å². The van der Waals surface area contributed by atoms with Crippen LogP contribution in [0.3, 0.4) is 0 Å². The van der Waals surface area contributed by atoms with Gasteiger partial charge in [0.25, 0.3) is 0 Å². The van der Waals surface area contributed by atoms with Gasteiger partial charge in [-0.15, -0.1) is 6.58 Å². The van der Waals surface area contributed by atoms with Crippen molar-refractivity contribution in [2.45, 2.75) is 78.6 Å². The largest absolute Gasteiger partial charge is 0.414 e. The van der Waals surface area contributed by atoms with Crippen molar-refractivity contribution in [3.63, 3.8) is 0 Å². The van der Waals surface area contributed by atoms with Gasteiger partial charge in [0, 0.05) is 12.6 Å². The number of hydrogen-bond acceptors (Lipinski definition) is 2. The van der Waals surface area contributed by atoms with Crippen LogP contribution in [0, 0.1) is 5.92 Å². The Bertz CT molecular complexity index is 665. The van der Waals surface area contributed by atoms with Crippen LogP contribution in [0.25, 0.3) is 0 Å². The van der Waals surface area contributed by atoms with Crippen LogP contribution in [0.2, 0.25) is 19.6 Å². The first kappa shape index (κ1) is 29.1. The summed E-state index contributed by atoms with van der Waals surface area (Å²) in [6, 6.07) is 0. The molecule has 1 amide bonds. The first-order valence-corrected chi connectivity index (χ1v) is 14.8.